The van der Waals surface area contributed by atoms with Gasteiger partial charge in [0.25, 0.3) is 5.91 Å². The van der Waals surface area contributed by atoms with Crippen molar-refractivity contribution in [2.24, 2.45) is 7.05 Å². The minimum Gasteiger partial charge on any atom is -0.494 e. The highest BCUT2D eigenvalue weighted by molar-refractivity contribution is 5.92. The molecule has 0 fully saturated rings. The van der Waals surface area contributed by atoms with E-state index < -0.39 is 0 Å². The van der Waals surface area contributed by atoms with Gasteiger partial charge in [-0.3, -0.25) is 9.48 Å². The lowest BCUT2D eigenvalue weighted by molar-refractivity contribution is 0.0941. The molecule has 0 saturated carbocycles. The lowest BCUT2D eigenvalue weighted by atomic mass is 10.2. The van der Waals surface area contributed by atoms with Gasteiger partial charge in [0, 0.05) is 26.4 Å². The van der Waals surface area contributed by atoms with Crippen molar-refractivity contribution < 1.29 is 9.53 Å². The number of nitrogens with zero attached hydrogens (tertiary/aromatic N) is 2. The van der Waals surface area contributed by atoms with Gasteiger partial charge < -0.3 is 10.1 Å². The Bertz CT molecular complexity index is 815. The van der Waals surface area contributed by atoms with Gasteiger partial charge >= 0.3 is 0 Å². The summed E-state index contributed by atoms with van der Waals surface area (Å²) >= 11 is 0. The van der Waals surface area contributed by atoms with E-state index in [9.17, 15) is 4.79 Å². The monoisotopic (exact) mass is 381 g/mol. The van der Waals surface area contributed by atoms with Gasteiger partial charge in [-0.25, -0.2) is 0 Å². The summed E-state index contributed by atoms with van der Waals surface area (Å²) in [6.07, 6.45) is 5.98. The molecule has 0 aliphatic rings. The maximum atomic E-state index is 12.4. The van der Waals surface area contributed by atoms with Crippen LogP contribution in [0.3, 0.4) is 0 Å². The van der Waals surface area contributed by atoms with Crippen LogP contribution in [0.25, 0.3) is 0 Å². The normalized spacial score (nSPS) is 10.2. The molecule has 150 valence electrons. The fourth-order valence-electron chi connectivity index (χ4n) is 2.83. The topological polar surface area (TPSA) is 56.1 Å². The van der Waals surface area contributed by atoms with Crippen molar-refractivity contribution in [2.75, 3.05) is 6.61 Å². The first-order chi connectivity index (χ1) is 13.6. The fourth-order valence-corrected chi connectivity index (χ4v) is 2.83. The van der Waals surface area contributed by atoms with Crippen molar-refractivity contribution in [3.63, 3.8) is 0 Å². The van der Waals surface area contributed by atoms with Gasteiger partial charge in [0.05, 0.1) is 12.3 Å². The Hall–Kier alpha value is -2.74. The molecule has 5 heteroatoms. The van der Waals surface area contributed by atoms with Gasteiger partial charge in [0.1, 0.15) is 11.4 Å². The van der Waals surface area contributed by atoms with E-state index in [4.69, 9.17) is 4.74 Å². The van der Waals surface area contributed by atoms with Crippen LogP contribution in [-0.4, -0.2) is 22.3 Å². The second-order valence-corrected chi connectivity index (χ2v) is 6.69. The number of unbranched alkanes of at least 4 members (excludes halogenated alkanes) is 3. The molecular formula is C23H31N3O2. The number of carbonyl (C=O) groups excluding carboxylic acids is 1. The van der Waals surface area contributed by atoms with Crippen LogP contribution in [0, 0.1) is 11.8 Å². The summed E-state index contributed by atoms with van der Waals surface area (Å²) in [6.45, 7) is 5.25. The zero-order valence-electron chi connectivity index (χ0n) is 17.3. The minimum atomic E-state index is -0.118. The number of hydrogen-bond donors (Lipinski definition) is 1. The molecule has 0 saturated heterocycles. The van der Waals surface area contributed by atoms with E-state index in [1.54, 1.807) is 11.7 Å². The maximum absolute atomic E-state index is 12.4. The predicted molar refractivity (Wildman–Crippen MR) is 112 cm³/mol. The first kappa shape index (κ1) is 21.6. The zero-order valence-corrected chi connectivity index (χ0v) is 17.3. The van der Waals surface area contributed by atoms with Crippen LogP contribution in [0.4, 0.5) is 0 Å². The van der Waals surface area contributed by atoms with E-state index in [2.05, 4.69) is 29.2 Å². The summed E-state index contributed by atoms with van der Waals surface area (Å²) < 4.78 is 7.47. The molecule has 0 atom stereocenters. The molecule has 1 aromatic carbocycles. The Kier molecular flexibility index (Phi) is 9.14. The van der Waals surface area contributed by atoms with E-state index >= 15 is 0 Å². The van der Waals surface area contributed by atoms with Crippen LogP contribution in [0.5, 0.6) is 5.75 Å². The molecule has 2 aromatic rings. The average molecular weight is 382 g/mol. The molecule has 0 bridgehead atoms. The molecule has 1 amide bonds. The number of hydrogen-bond acceptors (Lipinski definition) is 3. The maximum Gasteiger partial charge on any atom is 0.269 e. The number of aromatic nitrogens is 2. The highest BCUT2D eigenvalue weighted by atomic mass is 16.5. The highest BCUT2D eigenvalue weighted by Gasteiger charge is 2.12. The minimum absolute atomic E-state index is 0.118. The molecule has 0 aliphatic heterocycles. The molecule has 0 radical (unpaired) electrons. The van der Waals surface area contributed by atoms with E-state index in [0.717, 1.165) is 55.5 Å². The Morgan fingerprint density at radius 2 is 2.04 bits per heavy atom. The number of ether oxygens (including phenoxy) is 1. The third kappa shape index (κ3) is 7.11. The standard InChI is InChI=1S/C23H31N3O2/c1-4-6-7-8-9-10-11-15-28-21-14-12-13-19(16-21)18-24-23(27)22-17-20(5-2)25-26(22)3/h12-14,16-17H,4-5,8-11,15,18H2,1-3H3,(H,24,27). The first-order valence-corrected chi connectivity index (χ1v) is 10.1. The summed E-state index contributed by atoms with van der Waals surface area (Å²) in [5, 5.41) is 7.27. The molecule has 1 N–H and O–H groups in total. The summed E-state index contributed by atoms with van der Waals surface area (Å²) in [7, 11) is 1.79. The number of carbonyl (C=O) groups is 1. The Morgan fingerprint density at radius 3 is 2.79 bits per heavy atom. The van der Waals surface area contributed by atoms with Gasteiger partial charge in [-0.2, -0.15) is 5.10 Å². The third-order valence-corrected chi connectivity index (χ3v) is 4.39. The van der Waals surface area contributed by atoms with Crippen LogP contribution in [0.1, 0.15) is 67.7 Å². The van der Waals surface area contributed by atoms with Crippen LogP contribution in [0.15, 0.2) is 30.3 Å². The molecule has 0 aliphatic carbocycles. The molecule has 5 nitrogen and oxygen atoms in total. The smallest absolute Gasteiger partial charge is 0.269 e. The number of benzene rings is 1. The number of aryl methyl sites for hydroxylation is 2. The van der Waals surface area contributed by atoms with Gasteiger partial charge in [0.2, 0.25) is 0 Å². The Labute approximate surface area is 168 Å². The predicted octanol–water partition coefficient (Wildman–Crippen LogP) is 4.27. The average Bonchev–Trinajstić information content (AvgIpc) is 3.09. The van der Waals surface area contributed by atoms with E-state index in [-0.39, 0.29) is 5.91 Å². The largest absolute Gasteiger partial charge is 0.494 e. The van der Waals surface area contributed by atoms with Crippen LogP contribution in [0.2, 0.25) is 0 Å². The van der Waals surface area contributed by atoms with Crippen LogP contribution in [-0.2, 0) is 20.0 Å². The van der Waals surface area contributed by atoms with Crippen LogP contribution < -0.4 is 10.1 Å². The van der Waals surface area contributed by atoms with Crippen molar-refractivity contribution in [1.29, 1.82) is 0 Å². The third-order valence-electron chi connectivity index (χ3n) is 4.39. The molecule has 2 rings (SSSR count). The lowest BCUT2D eigenvalue weighted by Gasteiger charge is -2.09. The lowest BCUT2D eigenvalue weighted by Crippen LogP contribution is -2.25. The molecule has 0 spiro atoms. The SMILES string of the molecule is CCC#CCCCCCOc1cccc(CNC(=O)c2cc(CC)nn2C)c1. The fraction of sp³-hybridized carbons (Fsp3) is 0.478. The molecule has 0 unspecified atom stereocenters. The van der Waals surface area contributed by atoms with E-state index in [1.807, 2.05) is 37.3 Å². The van der Waals surface area contributed by atoms with Gasteiger partial charge in [-0.15, -0.1) is 11.8 Å². The molecule has 1 heterocycles. The highest BCUT2D eigenvalue weighted by Crippen LogP contribution is 2.14. The van der Waals surface area contributed by atoms with Crippen molar-refractivity contribution >= 4 is 5.91 Å². The van der Waals surface area contributed by atoms with E-state index in [0.29, 0.717) is 18.8 Å². The van der Waals surface area contributed by atoms with Crippen molar-refractivity contribution in [1.82, 2.24) is 15.1 Å². The molecule has 1 aromatic heterocycles. The van der Waals surface area contributed by atoms with Gasteiger partial charge in [-0.1, -0.05) is 26.0 Å². The van der Waals surface area contributed by atoms with Gasteiger partial charge in [-0.05, 0) is 49.4 Å². The first-order valence-electron chi connectivity index (χ1n) is 10.1. The number of nitrogens with one attached hydrogen (secondary N) is 1. The Balaban J connectivity index is 1.75. The molecular weight excluding hydrogens is 350 g/mol. The quantitative estimate of drug-likeness (QED) is 0.494. The zero-order chi connectivity index (χ0) is 20.2. The van der Waals surface area contributed by atoms with Gasteiger partial charge in [0.15, 0.2) is 0 Å². The van der Waals surface area contributed by atoms with Crippen molar-refractivity contribution in [3.8, 4) is 17.6 Å². The number of amides is 1. The summed E-state index contributed by atoms with van der Waals surface area (Å²) in [5.74, 6) is 6.98. The van der Waals surface area contributed by atoms with Crippen molar-refractivity contribution in [3.05, 3.63) is 47.3 Å². The summed E-state index contributed by atoms with van der Waals surface area (Å²) in [5.41, 5.74) is 2.51. The summed E-state index contributed by atoms with van der Waals surface area (Å²) in [4.78, 5) is 12.4. The molecule has 28 heavy (non-hydrogen) atoms. The number of rotatable bonds is 10. The van der Waals surface area contributed by atoms with E-state index in [1.165, 1.54) is 0 Å². The van der Waals surface area contributed by atoms with Crippen molar-refractivity contribution in [2.45, 2.75) is 58.9 Å². The second-order valence-electron chi connectivity index (χ2n) is 6.69. The Morgan fingerprint density at radius 1 is 1.18 bits per heavy atom. The van der Waals surface area contributed by atoms with Crippen LogP contribution >= 0.6 is 0 Å². The second kappa shape index (κ2) is 11.9. The summed E-state index contributed by atoms with van der Waals surface area (Å²) in [6, 6.07) is 9.71.